The van der Waals surface area contributed by atoms with Crippen molar-refractivity contribution in [3.63, 3.8) is 0 Å². The second-order valence-electron chi connectivity index (χ2n) is 4.94. The van der Waals surface area contributed by atoms with E-state index in [1.165, 1.54) is 18.9 Å². The molecule has 0 aliphatic heterocycles. The molecule has 0 heterocycles. The van der Waals surface area contributed by atoms with E-state index >= 15 is 0 Å². The zero-order valence-electron chi connectivity index (χ0n) is 9.97. The van der Waals surface area contributed by atoms with Crippen molar-refractivity contribution in [2.75, 3.05) is 11.1 Å². The maximum atomic E-state index is 13.8. The first-order chi connectivity index (χ1) is 8.08. The Labute approximate surface area is 106 Å². The van der Waals surface area contributed by atoms with Gasteiger partial charge >= 0.3 is 0 Å². The topological polar surface area (TPSA) is 38.0 Å². The Balaban J connectivity index is 2.15. The predicted molar refractivity (Wildman–Crippen MR) is 70.9 cm³/mol. The van der Waals surface area contributed by atoms with Crippen LogP contribution in [0.3, 0.4) is 0 Å². The molecule has 1 fully saturated rings. The smallest absolute Gasteiger partial charge is 0.166 e. The van der Waals surface area contributed by atoms with E-state index in [0.717, 1.165) is 12.8 Å². The van der Waals surface area contributed by atoms with Gasteiger partial charge in [-0.15, -0.1) is 0 Å². The highest BCUT2D eigenvalue weighted by Gasteiger charge is 2.21. The molecule has 2 nitrogen and oxygen atoms in total. The van der Waals surface area contributed by atoms with Crippen LogP contribution in [0, 0.1) is 11.7 Å². The molecule has 3 N–H and O–H groups in total. The van der Waals surface area contributed by atoms with E-state index in [-0.39, 0.29) is 5.02 Å². The SMILES string of the molecule is CC1CCCC(Nc2c(N)ccc(Cl)c2F)C1. The fraction of sp³-hybridized carbons (Fsp3) is 0.538. The quantitative estimate of drug-likeness (QED) is 0.784. The van der Waals surface area contributed by atoms with Crippen molar-refractivity contribution in [2.24, 2.45) is 5.92 Å². The van der Waals surface area contributed by atoms with E-state index in [0.29, 0.717) is 23.3 Å². The van der Waals surface area contributed by atoms with Crippen LogP contribution in [0.1, 0.15) is 32.6 Å². The van der Waals surface area contributed by atoms with Gasteiger partial charge in [0.2, 0.25) is 0 Å². The average molecular weight is 257 g/mol. The molecular formula is C13H18ClFN2. The lowest BCUT2D eigenvalue weighted by molar-refractivity contribution is 0.358. The van der Waals surface area contributed by atoms with Gasteiger partial charge in [0.25, 0.3) is 0 Å². The second kappa shape index (κ2) is 5.13. The van der Waals surface area contributed by atoms with Crippen LogP contribution < -0.4 is 11.1 Å². The van der Waals surface area contributed by atoms with Gasteiger partial charge in [0, 0.05) is 6.04 Å². The highest BCUT2D eigenvalue weighted by molar-refractivity contribution is 6.31. The van der Waals surface area contributed by atoms with Gasteiger partial charge in [-0.1, -0.05) is 31.4 Å². The number of hydrogen-bond acceptors (Lipinski definition) is 2. The molecule has 0 saturated heterocycles. The van der Waals surface area contributed by atoms with Gasteiger partial charge < -0.3 is 11.1 Å². The summed E-state index contributed by atoms with van der Waals surface area (Å²) in [5, 5.41) is 3.32. The number of nitrogens with one attached hydrogen (secondary N) is 1. The van der Waals surface area contributed by atoms with Crippen LogP contribution in [0.5, 0.6) is 0 Å². The second-order valence-corrected chi connectivity index (χ2v) is 5.35. The minimum atomic E-state index is -0.440. The monoisotopic (exact) mass is 256 g/mol. The number of nitrogen functional groups attached to an aromatic ring is 1. The first-order valence-corrected chi connectivity index (χ1v) is 6.45. The molecular weight excluding hydrogens is 239 g/mol. The van der Waals surface area contributed by atoms with E-state index in [2.05, 4.69) is 12.2 Å². The Morgan fingerprint density at radius 1 is 1.41 bits per heavy atom. The molecule has 0 bridgehead atoms. The molecule has 0 aromatic heterocycles. The van der Waals surface area contributed by atoms with E-state index < -0.39 is 5.82 Å². The highest BCUT2D eigenvalue weighted by atomic mass is 35.5. The molecule has 1 saturated carbocycles. The molecule has 0 amide bonds. The standard InChI is InChI=1S/C13H18ClFN2/c1-8-3-2-4-9(7-8)17-13-11(16)6-5-10(14)12(13)15/h5-6,8-9,17H,2-4,7,16H2,1H3. The molecule has 1 aromatic carbocycles. The molecule has 0 spiro atoms. The van der Waals surface area contributed by atoms with E-state index in [9.17, 15) is 4.39 Å². The Morgan fingerprint density at radius 3 is 2.88 bits per heavy atom. The van der Waals surface area contributed by atoms with Crippen molar-refractivity contribution in [3.8, 4) is 0 Å². The van der Waals surface area contributed by atoms with E-state index in [4.69, 9.17) is 17.3 Å². The van der Waals surface area contributed by atoms with Crippen LogP contribution in [-0.4, -0.2) is 6.04 Å². The summed E-state index contributed by atoms with van der Waals surface area (Å²) < 4.78 is 13.8. The van der Waals surface area contributed by atoms with Gasteiger partial charge in [-0.25, -0.2) is 4.39 Å². The predicted octanol–water partition coefficient (Wildman–Crippen LogP) is 4.05. The third-order valence-corrected chi connectivity index (χ3v) is 3.70. The zero-order chi connectivity index (χ0) is 12.4. The largest absolute Gasteiger partial charge is 0.397 e. The first kappa shape index (κ1) is 12.5. The lowest BCUT2D eigenvalue weighted by Gasteiger charge is -2.29. The summed E-state index contributed by atoms with van der Waals surface area (Å²) in [4.78, 5) is 0. The van der Waals surface area contributed by atoms with Gasteiger partial charge in [-0.2, -0.15) is 0 Å². The zero-order valence-corrected chi connectivity index (χ0v) is 10.7. The van der Waals surface area contributed by atoms with Gasteiger partial charge in [0.15, 0.2) is 5.82 Å². The number of rotatable bonds is 2. The molecule has 94 valence electrons. The Morgan fingerprint density at radius 2 is 2.18 bits per heavy atom. The maximum absolute atomic E-state index is 13.8. The summed E-state index contributed by atoms with van der Waals surface area (Å²) in [6, 6.07) is 3.43. The average Bonchev–Trinajstić information content (AvgIpc) is 2.30. The minimum absolute atomic E-state index is 0.116. The lowest BCUT2D eigenvalue weighted by atomic mass is 9.87. The van der Waals surface area contributed by atoms with E-state index in [1.54, 1.807) is 6.07 Å². The van der Waals surface area contributed by atoms with Gasteiger partial charge in [-0.05, 0) is 30.9 Å². The summed E-state index contributed by atoms with van der Waals surface area (Å²) >= 11 is 5.76. The number of nitrogens with two attached hydrogens (primary N) is 1. The Hall–Kier alpha value is -0.960. The van der Waals surface area contributed by atoms with Crippen LogP contribution in [0.4, 0.5) is 15.8 Å². The molecule has 2 rings (SSSR count). The maximum Gasteiger partial charge on any atom is 0.166 e. The lowest BCUT2D eigenvalue weighted by Crippen LogP contribution is -2.27. The Kier molecular flexibility index (Phi) is 3.77. The van der Waals surface area contributed by atoms with Crippen molar-refractivity contribution >= 4 is 23.0 Å². The summed E-state index contributed by atoms with van der Waals surface area (Å²) in [5.74, 6) is 0.245. The third-order valence-electron chi connectivity index (χ3n) is 3.41. The van der Waals surface area contributed by atoms with Gasteiger partial charge in [0.05, 0.1) is 16.4 Å². The minimum Gasteiger partial charge on any atom is -0.397 e. The van der Waals surface area contributed by atoms with Crippen molar-refractivity contribution in [2.45, 2.75) is 38.6 Å². The van der Waals surface area contributed by atoms with Crippen LogP contribution in [-0.2, 0) is 0 Å². The number of benzene rings is 1. The normalized spacial score (nSPS) is 24.6. The highest BCUT2D eigenvalue weighted by Crippen LogP contribution is 2.32. The molecule has 17 heavy (non-hydrogen) atoms. The molecule has 1 aliphatic rings. The van der Waals surface area contributed by atoms with Crippen LogP contribution in [0.2, 0.25) is 5.02 Å². The summed E-state index contributed by atoms with van der Waals surface area (Å²) in [7, 11) is 0. The van der Waals surface area contributed by atoms with Crippen LogP contribution in [0.15, 0.2) is 12.1 Å². The van der Waals surface area contributed by atoms with Gasteiger partial charge in [0.1, 0.15) is 0 Å². The molecule has 2 unspecified atom stereocenters. The first-order valence-electron chi connectivity index (χ1n) is 6.08. The van der Waals surface area contributed by atoms with Crippen LogP contribution >= 0.6 is 11.6 Å². The fourth-order valence-corrected chi connectivity index (χ4v) is 2.64. The van der Waals surface area contributed by atoms with Crippen molar-refractivity contribution in [1.82, 2.24) is 0 Å². The summed E-state index contributed by atoms with van der Waals surface area (Å²) in [6.45, 7) is 2.23. The van der Waals surface area contributed by atoms with Crippen molar-refractivity contribution < 1.29 is 4.39 Å². The summed E-state index contributed by atoms with van der Waals surface area (Å²) in [6.07, 6.45) is 4.56. The Bertz CT molecular complexity index is 409. The fourth-order valence-electron chi connectivity index (χ4n) is 2.48. The molecule has 1 aromatic rings. The van der Waals surface area contributed by atoms with Gasteiger partial charge in [-0.3, -0.25) is 0 Å². The summed E-state index contributed by atoms with van der Waals surface area (Å²) in [5.41, 5.74) is 6.56. The number of anilines is 2. The molecule has 0 radical (unpaired) electrons. The number of halogens is 2. The number of hydrogen-bond donors (Lipinski definition) is 2. The molecule has 2 atom stereocenters. The van der Waals surface area contributed by atoms with Crippen LogP contribution in [0.25, 0.3) is 0 Å². The van der Waals surface area contributed by atoms with Crippen molar-refractivity contribution in [1.29, 1.82) is 0 Å². The van der Waals surface area contributed by atoms with E-state index in [1.807, 2.05) is 0 Å². The molecule has 4 heteroatoms. The third kappa shape index (κ3) is 2.83. The van der Waals surface area contributed by atoms with Crippen molar-refractivity contribution in [3.05, 3.63) is 23.0 Å². The molecule has 1 aliphatic carbocycles.